The third kappa shape index (κ3) is 5.79. The van der Waals surface area contributed by atoms with Gasteiger partial charge in [0, 0.05) is 6.54 Å². The molecule has 1 atom stereocenters. The Kier molecular flexibility index (Phi) is 6.66. The lowest BCUT2D eigenvalue weighted by molar-refractivity contribution is -0.120. The van der Waals surface area contributed by atoms with Crippen LogP contribution in [0.25, 0.3) is 0 Å². The van der Waals surface area contributed by atoms with Gasteiger partial charge in [-0.1, -0.05) is 18.2 Å². The zero-order chi connectivity index (χ0) is 15.0. The molecule has 20 heavy (non-hydrogen) atoms. The number of carbonyl (C=O) groups excluding carboxylic acids is 1. The number of halogens is 2. The van der Waals surface area contributed by atoms with Crippen molar-refractivity contribution in [1.82, 2.24) is 10.6 Å². The van der Waals surface area contributed by atoms with Crippen LogP contribution in [0.2, 0.25) is 0 Å². The maximum atomic E-state index is 12.1. The molecule has 6 heteroatoms. The summed E-state index contributed by atoms with van der Waals surface area (Å²) in [4.78, 5) is 11.6. The molecule has 0 spiro atoms. The number of rotatable bonds is 8. The van der Waals surface area contributed by atoms with Crippen LogP contribution in [-0.2, 0) is 4.79 Å². The van der Waals surface area contributed by atoms with Gasteiger partial charge in [-0.2, -0.15) is 8.78 Å². The molecule has 0 bridgehead atoms. The second kappa shape index (κ2) is 8.27. The van der Waals surface area contributed by atoms with E-state index in [4.69, 9.17) is 0 Å². The molecule has 0 aromatic heterocycles. The van der Waals surface area contributed by atoms with E-state index in [1.54, 1.807) is 25.1 Å². The molecule has 0 saturated carbocycles. The first-order chi connectivity index (χ1) is 9.52. The SMILES string of the molecule is C=CCNCC(=O)NC(C)c1cccc(OC(F)F)c1. The van der Waals surface area contributed by atoms with Crippen LogP contribution in [0.3, 0.4) is 0 Å². The lowest BCUT2D eigenvalue weighted by Gasteiger charge is -2.15. The van der Waals surface area contributed by atoms with E-state index in [-0.39, 0.29) is 24.2 Å². The van der Waals surface area contributed by atoms with Crippen molar-refractivity contribution in [2.75, 3.05) is 13.1 Å². The Bertz CT molecular complexity index is 453. The number of ether oxygens (including phenoxy) is 1. The van der Waals surface area contributed by atoms with Gasteiger partial charge in [-0.05, 0) is 24.6 Å². The number of hydrogen-bond acceptors (Lipinski definition) is 3. The summed E-state index contributed by atoms with van der Waals surface area (Å²) in [5, 5.41) is 5.63. The number of hydrogen-bond donors (Lipinski definition) is 2. The lowest BCUT2D eigenvalue weighted by Crippen LogP contribution is -2.35. The largest absolute Gasteiger partial charge is 0.435 e. The fourth-order valence-electron chi connectivity index (χ4n) is 1.62. The van der Waals surface area contributed by atoms with E-state index in [1.807, 2.05) is 0 Å². The second-order valence-corrected chi connectivity index (χ2v) is 4.16. The average molecular weight is 284 g/mol. The monoisotopic (exact) mass is 284 g/mol. The normalized spacial score (nSPS) is 12.0. The van der Waals surface area contributed by atoms with E-state index in [0.717, 1.165) is 0 Å². The Balaban J connectivity index is 2.56. The molecule has 0 heterocycles. The first-order valence-corrected chi connectivity index (χ1v) is 6.18. The maximum absolute atomic E-state index is 12.1. The van der Waals surface area contributed by atoms with Crippen LogP contribution < -0.4 is 15.4 Å². The third-order valence-corrected chi connectivity index (χ3v) is 2.53. The molecular formula is C14H18F2N2O2. The molecule has 0 saturated heterocycles. The van der Waals surface area contributed by atoms with Crippen LogP contribution in [0.1, 0.15) is 18.5 Å². The van der Waals surface area contributed by atoms with Crippen molar-refractivity contribution in [2.24, 2.45) is 0 Å². The number of carbonyl (C=O) groups is 1. The zero-order valence-corrected chi connectivity index (χ0v) is 11.2. The van der Waals surface area contributed by atoms with Gasteiger partial charge in [-0.15, -0.1) is 6.58 Å². The lowest BCUT2D eigenvalue weighted by atomic mass is 10.1. The van der Waals surface area contributed by atoms with Crippen molar-refractivity contribution in [3.63, 3.8) is 0 Å². The van der Waals surface area contributed by atoms with Crippen molar-refractivity contribution < 1.29 is 18.3 Å². The number of alkyl halides is 2. The van der Waals surface area contributed by atoms with E-state index in [0.29, 0.717) is 12.1 Å². The van der Waals surface area contributed by atoms with Crippen LogP contribution >= 0.6 is 0 Å². The summed E-state index contributed by atoms with van der Waals surface area (Å²) >= 11 is 0. The van der Waals surface area contributed by atoms with Crippen LogP contribution in [0.5, 0.6) is 5.75 Å². The molecule has 1 aromatic rings. The molecule has 1 aromatic carbocycles. The van der Waals surface area contributed by atoms with Gasteiger partial charge in [0.05, 0.1) is 12.6 Å². The van der Waals surface area contributed by atoms with Crippen molar-refractivity contribution in [1.29, 1.82) is 0 Å². The first-order valence-electron chi connectivity index (χ1n) is 6.18. The molecule has 0 fully saturated rings. The quantitative estimate of drug-likeness (QED) is 0.568. The number of benzene rings is 1. The Hall–Kier alpha value is -1.95. The predicted octanol–water partition coefficient (Wildman–Crippen LogP) is 2.24. The van der Waals surface area contributed by atoms with Crippen molar-refractivity contribution >= 4 is 5.91 Å². The van der Waals surface area contributed by atoms with Gasteiger partial charge < -0.3 is 15.4 Å². The van der Waals surface area contributed by atoms with Gasteiger partial charge in [0.1, 0.15) is 5.75 Å². The van der Waals surface area contributed by atoms with Crippen LogP contribution in [0, 0.1) is 0 Å². The molecule has 110 valence electrons. The minimum atomic E-state index is -2.86. The van der Waals surface area contributed by atoms with Crippen LogP contribution in [-0.4, -0.2) is 25.6 Å². The van der Waals surface area contributed by atoms with Gasteiger partial charge in [0.25, 0.3) is 0 Å². The van der Waals surface area contributed by atoms with Crippen LogP contribution in [0.4, 0.5) is 8.78 Å². The summed E-state index contributed by atoms with van der Waals surface area (Å²) in [6, 6.07) is 5.96. The highest BCUT2D eigenvalue weighted by Gasteiger charge is 2.11. The molecular weight excluding hydrogens is 266 g/mol. The minimum Gasteiger partial charge on any atom is -0.435 e. The Morgan fingerprint density at radius 1 is 1.50 bits per heavy atom. The first kappa shape index (κ1) is 16.1. The van der Waals surface area contributed by atoms with Gasteiger partial charge in [-0.25, -0.2) is 0 Å². The predicted molar refractivity (Wildman–Crippen MR) is 72.7 cm³/mol. The summed E-state index contributed by atoms with van der Waals surface area (Å²) in [6.07, 6.45) is 1.65. The van der Waals surface area contributed by atoms with E-state index in [9.17, 15) is 13.6 Å². The molecule has 2 N–H and O–H groups in total. The molecule has 0 aliphatic heterocycles. The zero-order valence-electron chi connectivity index (χ0n) is 11.2. The fraction of sp³-hybridized carbons (Fsp3) is 0.357. The second-order valence-electron chi connectivity index (χ2n) is 4.16. The molecule has 0 aliphatic carbocycles. The highest BCUT2D eigenvalue weighted by Crippen LogP contribution is 2.20. The highest BCUT2D eigenvalue weighted by atomic mass is 19.3. The Labute approximate surface area is 116 Å². The van der Waals surface area contributed by atoms with Crippen molar-refractivity contribution in [3.05, 3.63) is 42.5 Å². The van der Waals surface area contributed by atoms with Gasteiger partial charge >= 0.3 is 6.61 Å². The number of amides is 1. The Morgan fingerprint density at radius 2 is 2.25 bits per heavy atom. The number of nitrogens with one attached hydrogen (secondary N) is 2. The summed E-state index contributed by atoms with van der Waals surface area (Å²) in [6.45, 7) is 3.15. The highest BCUT2D eigenvalue weighted by molar-refractivity contribution is 5.78. The van der Waals surface area contributed by atoms with Gasteiger partial charge in [0.15, 0.2) is 0 Å². The standard InChI is InChI=1S/C14H18F2N2O2/c1-3-7-17-9-13(19)18-10(2)11-5-4-6-12(8-11)20-14(15)16/h3-6,8,10,14,17H,1,7,9H2,2H3,(H,18,19). The maximum Gasteiger partial charge on any atom is 0.387 e. The molecule has 0 radical (unpaired) electrons. The molecule has 1 unspecified atom stereocenters. The van der Waals surface area contributed by atoms with E-state index >= 15 is 0 Å². The Morgan fingerprint density at radius 3 is 2.90 bits per heavy atom. The van der Waals surface area contributed by atoms with Crippen LogP contribution in [0.15, 0.2) is 36.9 Å². The topological polar surface area (TPSA) is 50.4 Å². The summed E-state index contributed by atoms with van der Waals surface area (Å²) in [5.41, 5.74) is 0.695. The minimum absolute atomic E-state index is 0.0726. The average Bonchev–Trinajstić information content (AvgIpc) is 2.38. The summed E-state index contributed by atoms with van der Waals surface area (Å²) in [5.74, 6) is -0.108. The molecule has 1 rings (SSSR count). The molecule has 4 nitrogen and oxygen atoms in total. The van der Waals surface area contributed by atoms with Gasteiger partial charge in [0.2, 0.25) is 5.91 Å². The summed E-state index contributed by atoms with van der Waals surface area (Å²) < 4.78 is 28.6. The van der Waals surface area contributed by atoms with E-state index < -0.39 is 6.61 Å². The smallest absolute Gasteiger partial charge is 0.387 e. The third-order valence-electron chi connectivity index (χ3n) is 2.53. The molecule has 1 amide bonds. The molecule has 0 aliphatic rings. The fourth-order valence-corrected chi connectivity index (χ4v) is 1.62. The van der Waals surface area contributed by atoms with Crippen molar-refractivity contribution in [2.45, 2.75) is 19.6 Å². The van der Waals surface area contributed by atoms with E-state index in [2.05, 4.69) is 21.9 Å². The summed E-state index contributed by atoms with van der Waals surface area (Å²) in [7, 11) is 0. The van der Waals surface area contributed by atoms with Crippen molar-refractivity contribution in [3.8, 4) is 5.75 Å². The van der Waals surface area contributed by atoms with Gasteiger partial charge in [-0.3, -0.25) is 4.79 Å². The van der Waals surface area contributed by atoms with E-state index in [1.165, 1.54) is 12.1 Å².